The first-order valence-corrected chi connectivity index (χ1v) is 13.5. The van der Waals surface area contributed by atoms with E-state index in [1.54, 1.807) is 30.5 Å². The van der Waals surface area contributed by atoms with Crippen molar-refractivity contribution >= 4 is 28.7 Å². The molecular weight excluding hydrogens is 526 g/mol. The van der Waals surface area contributed by atoms with Gasteiger partial charge in [0.25, 0.3) is 11.6 Å². The van der Waals surface area contributed by atoms with E-state index >= 15 is 0 Å². The molecule has 0 aliphatic heterocycles. The van der Waals surface area contributed by atoms with E-state index < -0.39 is 4.92 Å². The van der Waals surface area contributed by atoms with Crippen LogP contribution >= 0.6 is 0 Å². The van der Waals surface area contributed by atoms with Crippen LogP contribution in [0.5, 0.6) is 0 Å². The van der Waals surface area contributed by atoms with E-state index in [0.717, 1.165) is 44.7 Å². The number of non-ortho nitro benzene ring substituents is 1. The highest BCUT2D eigenvalue weighted by atomic mass is 16.6. The molecule has 0 radical (unpaired) electrons. The fraction of sp³-hybridized carbons (Fsp3) is 0.0588. The summed E-state index contributed by atoms with van der Waals surface area (Å²) in [5.74, 6) is -0.314. The molecule has 0 unspecified atom stereocenters. The minimum absolute atomic E-state index is 0.0571. The van der Waals surface area contributed by atoms with Gasteiger partial charge in [-0.05, 0) is 60.5 Å². The summed E-state index contributed by atoms with van der Waals surface area (Å²) in [7, 11) is 0. The third-order valence-corrected chi connectivity index (χ3v) is 7.20. The summed E-state index contributed by atoms with van der Waals surface area (Å²) in [5, 5.41) is 16.4. The monoisotopic (exact) mass is 553 g/mol. The van der Waals surface area contributed by atoms with E-state index in [0.29, 0.717) is 12.1 Å². The first kappa shape index (κ1) is 26.5. The molecule has 0 fully saturated rings. The van der Waals surface area contributed by atoms with Gasteiger partial charge in [-0.25, -0.2) is 5.43 Å². The Morgan fingerprint density at radius 3 is 2.45 bits per heavy atom. The van der Waals surface area contributed by atoms with Crippen molar-refractivity contribution in [2.45, 2.75) is 13.5 Å². The minimum atomic E-state index is -0.394. The molecule has 0 bridgehead atoms. The summed E-state index contributed by atoms with van der Waals surface area (Å²) in [6.45, 7) is 2.52. The number of nitrogens with one attached hydrogen (secondary N) is 1. The number of hydrazone groups is 1. The number of nitro groups is 1. The van der Waals surface area contributed by atoms with Gasteiger partial charge in [0.05, 0.1) is 16.8 Å². The number of benzene rings is 4. The highest BCUT2D eigenvalue weighted by Crippen LogP contribution is 2.27. The van der Waals surface area contributed by atoms with Crippen molar-refractivity contribution in [3.63, 3.8) is 0 Å². The number of fused-ring (bicyclic) bond motifs is 1. The maximum Gasteiger partial charge on any atom is 0.271 e. The second-order valence-electron chi connectivity index (χ2n) is 9.96. The van der Waals surface area contributed by atoms with Crippen LogP contribution in [-0.4, -0.2) is 26.2 Å². The Morgan fingerprint density at radius 2 is 1.67 bits per heavy atom. The quantitative estimate of drug-likeness (QED) is 0.123. The van der Waals surface area contributed by atoms with Crippen molar-refractivity contribution in [1.82, 2.24) is 14.6 Å². The molecular formula is C34H27N5O3. The Kier molecular flexibility index (Phi) is 7.17. The van der Waals surface area contributed by atoms with Crippen molar-refractivity contribution in [1.29, 1.82) is 0 Å². The van der Waals surface area contributed by atoms with Gasteiger partial charge >= 0.3 is 0 Å². The molecule has 0 spiro atoms. The number of carbonyl (C=O) groups excluding carboxylic acids is 1. The first-order chi connectivity index (χ1) is 20.5. The molecule has 4 aromatic carbocycles. The average Bonchev–Trinajstić information content (AvgIpc) is 3.58. The van der Waals surface area contributed by atoms with Crippen molar-refractivity contribution in [3.05, 3.63) is 154 Å². The lowest BCUT2D eigenvalue weighted by Crippen LogP contribution is -2.17. The molecule has 0 atom stereocenters. The molecule has 2 aromatic heterocycles. The van der Waals surface area contributed by atoms with Crippen LogP contribution in [0.25, 0.3) is 27.8 Å². The topological polar surface area (TPSA) is 94.5 Å². The Hall–Kier alpha value is -5.76. The summed E-state index contributed by atoms with van der Waals surface area (Å²) in [6, 6.07) is 36.3. The van der Waals surface area contributed by atoms with Gasteiger partial charge in [0.1, 0.15) is 0 Å². The average molecular weight is 554 g/mol. The molecule has 0 aliphatic carbocycles. The zero-order chi connectivity index (χ0) is 29.1. The second-order valence-corrected chi connectivity index (χ2v) is 9.96. The molecule has 8 nitrogen and oxygen atoms in total. The largest absolute Gasteiger partial charge is 0.342 e. The molecule has 1 amide bonds. The second kappa shape index (κ2) is 11.4. The molecule has 0 aliphatic rings. The molecule has 1 N–H and O–H groups in total. The van der Waals surface area contributed by atoms with Gasteiger partial charge in [0.2, 0.25) is 0 Å². The molecule has 206 valence electrons. The predicted molar refractivity (Wildman–Crippen MR) is 165 cm³/mol. The van der Waals surface area contributed by atoms with Gasteiger partial charge in [-0.3, -0.25) is 14.9 Å². The summed E-state index contributed by atoms with van der Waals surface area (Å²) in [4.78, 5) is 23.7. The van der Waals surface area contributed by atoms with Crippen LogP contribution in [0.3, 0.4) is 0 Å². The molecule has 0 saturated carbocycles. The molecule has 0 saturated heterocycles. The van der Waals surface area contributed by atoms with Crippen molar-refractivity contribution in [3.8, 4) is 16.9 Å². The lowest BCUT2D eigenvalue weighted by Gasteiger charge is -2.12. The number of rotatable bonds is 8. The predicted octanol–water partition coefficient (Wildman–Crippen LogP) is 7.13. The third-order valence-electron chi connectivity index (χ3n) is 7.20. The van der Waals surface area contributed by atoms with Gasteiger partial charge in [-0.2, -0.15) is 5.10 Å². The molecule has 42 heavy (non-hydrogen) atoms. The van der Waals surface area contributed by atoms with E-state index in [-0.39, 0.29) is 11.6 Å². The molecule has 2 heterocycles. The van der Waals surface area contributed by atoms with Crippen molar-refractivity contribution in [2.75, 3.05) is 0 Å². The number of para-hydroxylation sites is 1. The molecule has 8 heteroatoms. The van der Waals surface area contributed by atoms with E-state index in [1.807, 2.05) is 71.4 Å². The first-order valence-electron chi connectivity index (χ1n) is 13.5. The van der Waals surface area contributed by atoms with Gasteiger partial charge in [0.15, 0.2) is 0 Å². The number of hydrogen-bond acceptors (Lipinski definition) is 4. The highest BCUT2D eigenvalue weighted by Gasteiger charge is 2.12. The maximum atomic E-state index is 12.9. The number of carbonyl (C=O) groups is 1. The van der Waals surface area contributed by atoms with Crippen molar-refractivity contribution < 1.29 is 9.72 Å². The van der Waals surface area contributed by atoms with Gasteiger partial charge in [0, 0.05) is 58.3 Å². The van der Waals surface area contributed by atoms with Crippen LogP contribution in [-0.2, 0) is 6.54 Å². The third kappa shape index (κ3) is 5.33. The minimum Gasteiger partial charge on any atom is -0.342 e. The zero-order valence-electron chi connectivity index (χ0n) is 22.8. The Bertz CT molecular complexity index is 1940. The lowest BCUT2D eigenvalue weighted by atomic mass is 10.1. The SMILES string of the molecule is Cc1ccc(-c2ccccc2)n1-c1ccc(C(=O)NN=Cc2cn(Cc3cccc([N+](=O)[O-])c3)c3ccccc23)cc1. The number of aromatic nitrogens is 2. The standard InChI is InChI=1S/C34H27N5O3/c1-24-14-19-32(26-9-3-2-4-10-26)38(24)29-17-15-27(16-18-29)34(40)36-35-21-28-23-37(33-13-6-5-12-31(28)33)22-25-8-7-11-30(20-25)39(41)42/h2-21,23H,22H2,1H3,(H,36,40). The fourth-order valence-corrected chi connectivity index (χ4v) is 5.18. The van der Waals surface area contributed by atoms with Crippen molar-refractivity contribution in [2.24, 2.45) is 5.10 Å². The summed E-state index contributed by atoms with van der Waals surface area (Å²) in [5.41, 5.74) is 10.0. The van der Waals surface area contributed by atoms with Crippen LogP contribution in [0, 0.1) is 17.0 Å². The van der Waals surface area contributed by atoms with E-state index in [9.17, 15) is 14.9 Å². The normalized spacial score (nSPS) is 11.3. The number of hydrogen-bond donors (Lipinski definition) is 1. The number of amides is 1. The molecule has 6 rings (SSSR count). The lowest BCUT2D eigenvalue weighted by molar-refractivity contribution is -0.384. The van der Waals surface area contributed by atoms with E-state index in [2.05, 4.69) is 46.3 Å². The van der Waals surface area contributed by atoms with Gasteiger partial charge in [-0.1, -0.05) is 60.7 Å². The maximum absolute atomic E-state index is 12.9. The van der Waals surface area contributed by atoms with Crippen LogP contribution in [0.2, 0.25) is 0 Å². The number of nitro benzene ring substituents is 1. The van der Waals surface area contributed by atoms with E-state index in [4.69, 9.17) is 0 Å². The van der Waals surface area contributed by atoms with Gasteiger partial charge < -0.3 is 9.13 Å². The van der Waals surface area contributed by atoms with Crippen LogP contribution < -0.4 is 5.43 Å². The van der Waals surface area contributed by atoms with Crippen LogP contribution in [0.1, 0.15) is 27.2 Å². The summed E-state index contributed by atoms with van der Waals surface area (Å²) < 4.78 is 4.18. The smallest absolute Gasteiger partial charge is 0.271 e. The Balaban J connectivity index is 1.18. The highest BCUT2D eigenvalue weighted by molar-refractivity contribution is 6.00. The number of aryl methyl sites for hydroxylation is 1. The van der Waals surface area contributed by atoms with E-state index in [1.165, 1.54) is 6.07 Å². The molecule has 6 aromatic rings. The van der Waals surface area contributed by atoms with Crippen LogP contribution in [0.15, 0.2) is 127 Å². The number of nitrogens with zero attached hydrogens (tertiary/aromatic N) is 4. The van der Waals surface area contributed by atoms with Gasteiger partial charge in [-0.15, -0.1) is 0 Å². The zero-order valence-corrected chi connectivity index (χ0v) is 22.8. The Labute approximate surface area is 242 Å². The summed E-state index contributed by atoms with van der Waals surface area (Å²) >= 11 is 0. The fourth-order valence-electron chi connectivity index (χ4n) is 5.18. The summed E-state index contributed by atoms with van der Waals surface area (Å²) in [6.07, 6.45) is 3.55. The van der Waals surface area contributed by atoms with Crippen LogP contribution in [0.4, 0.5) is 5.69 Å². The Morgan fingerprint density at radius 1 is 0.905 bits per heavy atom.